The Morgan fingerprint density at radius 2 is 2.10 bits per heavy atom. The highest BCUT2D eigenvalue weighted by molar-refractivity contribution is 6.64. The summed E-state index contributed by atoms with van der Waals surface area (Å²) in [7, 11) is 0. The van der Waals surface area contributed by atoms with Gasteiger partial charge in [-0.05, 0) is 18.5 Å². The summed E-state index contributed by atoms with van der Waals surface area (Å²) in [4.78, 5) is 20.8. The zero-order valence-electron chi connectivity index (χ0n) is 5.89. The van der Waals surface area contributed by atoms with Gasteiger partial charge in [-0.2, -0.15) is 0 Å². The van der Waals surface area contributed by atoms with Gasteiger partial charge in [-0.15, -0.1) is 0 Å². The van der Waals surface area contributed by atoms with Crippen LogP contribution in [0.1, 0.15) is 20.3 Å². The van der Waals surface area contributed by atoms with Crippen molar-refractivity contribution in [3.63, 3.8) is 0 Å². The number of carbonyl (C=O) groups is 2. The zero-order valence-corrected chi connectivity index (χ0v) is 6.64. The molecule has 1 atom stereocenters. The summed E-state index contributed by atoms with van der Waals surface area (Å²) in [6.45, 7) is 3.08. The molecule has 0 bridgehead atoms. The van der Waals surface area contributed by atoms with Gasteiger partial charge in [0.05, 0.1) is 0 Å². The molecule has 0 aliphatic rings. The van der Waals surface area contributed by atoms with Crippen LogP contribution in [-0.4, -0.2) is 17.3 Å². The van der Waals surface area contributed by atoms with Crippen LogP contribution in [0.5, 0.6) is 0 Å². The predicted octanol–water partition coefficient (Wildman–Crippen LogP) is 1.09. The first-order chi connectivity index (χ1) is 4.57. The summed E-state index contributed by atoms with van der Waals surface area (Å²) in [5.41, 5.74) is 0. The minimum Gasteiger partial charge on any atom is -0.453 e. The summed E-state index contributed by atoms with van der Waals surface area (Å²) in [6.07, 6.45) is -0.566. The number of hydrogen-bond acceptors (Lipinski definition) is 3. The first kappa shape index (κ1) is 9.43. The molecule has 3 nitrogen and oxygen atoms in total. The number of halogens is 1. The molecule has 0 rings (SSSR count). The van der Waals surface area contributed by atoms with Crippen molar-refractivity contribution >= 4 is 22.8 Å². The van der Waals surface area contributed by atoms with Crippen LogP contribution in [0, 0.1) is 0 Å². The number of esters is 1. The molecule has 0 spiro atoms. The van der Waals surface area contributed by atoms with Crippen LogP contribution >= 0.6 is 11.6 Å². The van der Waals surface area contributed by atoms with E-state index in [-0.39, 0.29) is 6.42 Å². The molecule has 1 unspecified atom stereocenters. The van der Waals surface area contributed by atoms with Gasteiger partial charge < -0.3 is 4.74 Å². The molecule has 0 N–H and O–H groups in total. The fourth-order valence-electron chi connectivity index (χ4n) is 0.327. The van der Waals surface area contributed by atoms with Crippen LogP contribution in [0.15, 0.2) is 0 Å². The van der Waals surface area contributed by atoms with Crippen molar-refractivity contribution in [3.8, 4) is 0 Å². The van der Waals surface area contributed by atoms with Crippen molar-refractivity contribution in [2.45, 2.75) is 26.4 Å². The van der Waals surface area contributed by atoms with Gasteiger partial charge in [0.15, 0.2) is 6.10 Å². The third-order valence-electron chi connectivity index (χ3n) is 0.917. The topological polar surface area (TPSA) is 43.4 Å². The molecule has 0 aromatic rings. The molecule has 0 saturated heterocycles. The molecular weight excluding hydrogens is 156 g/mol. The quantitative estimate of drug-likeness (QED) is 0.463. The lowest BCUT2D eigenvalue weighted by atomic mass is 10.4. The van der Waals surface area contributed by atoms with Crippen LogP contribution in [0.25, 0.3) is 0 Å². The van der Waals surface area contributed by atoms with E-state index in [1.54, 1.807) is 6.92 Å². The van der Waals surface area contributed by atoms with Crippen LogP contribution in [-0.2, 0) is 14.3 Å². The minimum atomic E-state index is -0.825. The van der Waals surface area contributed by atoms with Gasteiger partial charge in [-0.1, -0.05) is 6.92 Å². The van der Waals surface area contributed by atoms with E-state index in [1.807, 2.05) is 0 Å². The Morgan fingerprint density at radius 3 is 2.40 bits per heavy atom. The molecule has 58 valence electrons. The fourth-order valence-corrected chi connectivity index (χ4v) is 0.371. The van der Waals surface area contributed by atoms with Crippen molar-refractivity contribution in [1.29, 1.82) is 0 Å². The van der Waals surface area contributed by atoms with E-state index < -0.39 is 17.3 Å². The maximum absolute atomic E-state index is 10.5. The molecule has 4 heteroatoms. The van der Waals surface area contributed by atoms with Crippen LogP contribution in [0.3, 0.4) is 0 Å². The summed E-state index contributed by atoms with van der Waals surface area (Å²) >= 11 is 5.01. The average Bonchev–Trinajstić information content (AvgIpc) is 1.87. The van der Waals surface area contributed by atoms with Crippen LogP contribution in [0.2, 0.25) is 0 Å². The van der Waals surface area contributed by atoms with Crippen LogP contribution in [0.4, 0.5) is 0 Å². The molecule has 0 aromatic heterocycles. The molecule has 0 aliphatic carbocycles. The smallest absolute Gasteiger partial charge is 0.306 e. The van der Waals surface area contributed by atoms with Gasteiger partial charge in [0.25, 0.3) is 5.24 Å². The third kappa shape index (κ3) is 3.45. The van der Waals surface area contributed by atoms with E-state index in [2.05, 4.69) is 4.74 Å². The van der Waals surface area contributed by atoms with E-state index in [1.165, 1.54) is 6.92 Å². The third-order valence-corrected chi connectivity index (χ3v) is 1.22. The van der Waals surface area contributed by atoms with Gasteiger partial charge in [0, 0.05) is 6.42 Å². The monoisotopic (exact) mass is 164 g/mol. The molecule has 0 amide bonds. The Hall–Kier alpha value is -0.570. The summed E-state index contributed by atoms with van der Waals surface area (Å²) in [5, 5.41) is -0.651. The second-order valence-electron chi connectivity index (χ2n) is 1.79. The Bertz CT molecular complexity index is 144. The Labute approximate surface area is 64.3 Å². The number of ether oxygens (including phenoxy) is 1. The molecule has 0 aliphatic heterocycles. The van der Waals surface area contributed by atoms with Gasteiger partial charge in [0.2, 0.25) is 0 Å². The first-order valence-corrected chi connectivity index (χ1v) is 3.34. The second kappa shape index (κ2) is 4.28. The number of hydrogen-bond donors (Lipinski definition) is 0. The highest BCUT2D eigenvalue weighted by Gasteiger charge is 2.13. The molecule has 0 heterocycles. The normalized spacial score (nSPS) is 12.3. The summed E-state index contributed by atoms with van der Waals surface area (Å²) in [6, 6.07) is 0. The Balaban J connectivity index is 3.68. The largest absolute Gasteiger partial charge is 0.453 e. The maximum atomic E-state index is 10.5. The van der Waals surface area contributed by atoms with Crippen molar-refractivity contribution in [2.24, 2.45) is 0 Å². The lowest BCUT2D eigenvalue weighted by Crippen LogP contribution is -2.19. The fraction of sp³-hybridized carbons (Fsp3) is 0.667. The highest BCUT2D eigenvalue weighted by atomic mass is 35.5. The molecular formula is C6H9ClO3. The lowest BCUT2D eigenvalue weighted by molar-refractivity contribution is -0.151. The van der Waals surface area contributed by atoms with E-state index in [0.717, 1.165) is 0 Å². The lowest BCUT2D eigenvalue weighted by Gasteiger charge is -2.06. The molecule has 0 fully saturated rings. The van der Waals surface area contributed by atoms with Crippen molar-refractivity contribution in [2.75, 3.05) is 0 Å². The highest BCUT2D eigenvalue weighted by Crippen LogP contribution is 1.98. The predicted molar refractivity (Wildman–Crippen MR) is 36.7 cm³/mol. The van der Waals surface area contributed by atoms with E-state index >= 15 is 0 Å². The van der Waals surface area contributed by atoms with E-state index in [9.17, 15) is 9.59 Å². The van der Waals surface area contributed by atoms with Crippen molar-refractivity contribution in [1.82, 2.24) is 0 Å². The Kier molecular flexibility index (Phi) is 4.03. The summed E-state index contributed by atoms with van der Waals surface area (Å²) in [5.74, 6) is -0.415. The van der Waals surface area contributed by atoms with Gasteiger partial charge in [-0.3, -0.25) is 9.59 Å². The van der Waals surface area contributed by atoms with Crippen molar-refractivity contribution in [3.05, 3.63) is 0 Å². The first-order valence-electron chi connectivity index (χ1n) is 2.96. The van der Waals surface area contributed by atoms with E-state index in [4.69, 9.17) is 11.6 Å². The van der Waals surface area contributed by atoms with Gasteiger partial charge >= 0.3 is 5.97 Å². The molecule has 10 heavy (non-hydrogen) atoms. The number of carbonyl (C=O) groups excluding carboxylic acids is 2. The minimum absolute atomic E-state index is 0.258. The standard InChI is InChI=1S/C6H9ClO3/c1-3-5(8)10-4(2)6(7)9/h4H,3H2,1-2H3. The number of rotatable bonds is 3. The van der Waals surface area contributed by atoms with E-state index in [0.29, 0.717) is 0 Å². The molecule has 0 aromatic carbocycles. The van der Waals surface area contributed by atoms with Gasteiger partial charge in [-0.25, -0.2) is 0 Å². The summed E-state index contributed by atoms with van der Waals surface area (Å²) < 4.78 is 4.54. The zero-order chi connectivity index (χ0) is 8.15. The average molecular weight is 165 g/mol. The van der Waals surface area contributed by atoms with Gasteiger partial charge in [0.1, 0.15) is 0 Å². The van der Waals surface area contributed by atoms with Crippen LogP contribution < -0.4 is 0 Å². The van der Waals surface area contributed by atoms with Crippen molar-refractivity contribution < 1.29 is 14.3 Å². The second-order valence-corrected chi connectivity index (χ2v) is 2.16. The SMILES string of the molecule is CCC(=O)OC(C)C(=O)Cl. The molecule has 0 radical (unpaired) electrons. The molecule has 0 saturated carbocycles. The Morgan fingerprint density at radius 1 is 1.60 bits per heavy atom. The maximum Gasteiger partial charge on any atom is 0.306 e.